The zero-order valence-corrected chi connectivity index (χ0v) is 15.3. The number of non-ortho nitro benzene ring substituents is 1. The van der Waals surface area contributed by atoms with E-state index < -0.39 is 25.0 Å². The van der Waals surface area contributed by atoms with Crippen LogP contribution in [0.15, 0.2) is 23.1 Å². The molecule has 0 unspecified atom stereocenters. The third kappa shape index (κ3) is 5.11. The fourth-order valence-electron chi connectivity index (χ4n) is 2.49. The quantitative estimate of drug-likeness (QED) is 0.369. The van der Waals surface area contributed by atoms with Crippen molar-refractivity contribution in [1.82, 2.24) is 9.03 Å². The van der Waals surface area contributed by atoms with E-state index in [4.69, 9.17) is 0 Å². The van der Waals surface area contributed by atoms with Gasteiger partial charge in [0.15, 0.2) is 0 Å². The van der Waals surface area contributed by atoms with E-state index >= 15 is 0 Å². The van der Waals surface area contributed by atoms with Gasteiger partial charge < -0.3 is 5.32 Å². The first-order chi connectivity index (χ1) is 11.6. The molecule has 0 amide bonds. The van der Waals surface area contributed by atoms with Gasteiger partial charge in [0.05, 0.1) is 16.9 Å². The third-order valence-corrected chi connectivity index (χ3v) is 6.33. The minimum atomic E-state index is -3.86. The van der Waals surface area contributed by atoms with Crippen molar-refractivity contribution in [3.8, 4) is 0 Å². The first-order valence-corrected chi connectivity index (χ1v) is 10.9. The molecule has 1 saturated heterocycles. The largest absolute Gasteiger partial charge is 0.383 e. The van der Waals surface area contributed by atoms with Crippen LogP contribution in [0.2, 0.25) is 0 Å². The standard InChI is InChI=1S/C13H20N4O6S2/c1-24(20,21)15-7-6-14-12-5-4-11(17(18)19)10-13(12)25(22,23)16-8-2-3-9-16/h4-5,10,14-15H,2-3,6-9H2,1H3. The summed E-state index contributed by atoms with van der Waals surface area (Å²) in [7, 11) is -7.22. The molecule has 25 heavy (non-hydrogen) atoms. The van der Waals surface area contributed by atoms with Crippen molar-refractivity contribution in [2.75, 3.05) is 37.8 Å². The number of nitrogens with one attached hydrogen (secondary N) is 2. The van der Waals surface area contributed by atoms with Gasteiger partial charge in [0.1, 0.15) is 4.90 Å². The number of rotatable bonds is 8. The lowest BCUT2D eigenvalue weighted by atomic mass is 10.3. The van der Waals surface area contributed by atoms with Crippen LogP contribution in [0, 0.1) is 10.1 Å². The van der Waals surface area contributed by atoms with Crippen LogP contribution in [0.3, 0.4) is 0 Å². The molecule has 1 aromatic rings. The predicted octanol–water partition coefficient (Wildman–Crippen LogP) is 0.340. The predicted molar refractivity (Wildman–Crippen MR) is 92.4 cm³/mol. The fraction of sp³-hybridized carbons (Fsp3) is 0.538. The molecule has 0 bridgehead atoms. The Labute approximate surface area is 146 Å². The Bertz CT molecular complexity index is 847. The van der Waals surface area contributed by atoms with E-state index in [9.17, 15) is 26.9 Å². The zero-order chi connectivity index (χ0) is 18.7. The maximum Gasteiger partial charge on any atom is 0.270 e. The summed E-state index contributed by atoms with van der Waals surface area (Å²) >= 11 is 0. The molecule has 0 saturated carbocycles. The second-order valence-electron chi connectivity index (χ2n) is 5.64. The highest BCUT2D eigenvalue weighted by molar-refractivity contribution is 7.89. The van der Waals surface area contributed by atoms with Gasteiger partial charge in [0.25, 0.3) is 5.69 Å². The minimum absolute atomic E-state index is 0.0546. The van der Waals surface area contributed by atoms with E-state index in [-0.39, 0.29) is 29.4 Å². The first kappa shape index (κ1) is 19.6. The lowest BCUT2D eigenvalue weighted by Crippen LogP contribution is -2.30. The van der Waals surface area contributed by atoms with Crippen molar-refractivity contribution < 1.29 is 21.8 Å². The van der Waals surface area contributed by atoms with Crippen LogP contribution in [0.25, 0.3) is 0 Å². The SMILES string of the molecule is CS(=O)(=O)NCCNc1ccc([N+](=O)[O-])cc1S(=O)(=O)N1CCCC1. The summed E-state index contributed by atoms with van der Waals surface area (Å²) in [5.41, 5.74) is -0.120. The van der Waals surface area contributed by atoms with Crippen LogP contribution >= 0.6 is 0 Å². The number of nitro benzene ring substituents is 1. The van der Waals surface area contributed by atoms with Crippen LogP contribution in [0.5, 0.6) is 0 Å². The van der Waals surface area contributed by atoms with Gasteiger partial charge >= 0.3 is 0 Å². The number of benzene rings is 1. The highest BCUT2D eigenvalue weighted by Gasteiger charge is 2.30. The number of nitrogens with zero attached hydrogens (tertiary/aromatic N) is 2. The Morgan fingerprint density at radius 1 is 1.16 bits per heavy atom. The minimum Gasteiger partial charge on any atom is -0.383 e. The fourth-order valence-corrected chi connectivity index (χ4v) is 4.66. The Hall–Kier alpha value is -1.76. The van der Waals surface area contributed by atoms with Gasteiger partial charge in [0.2, 0.25) is 20.0 Å². The van der Waals surface area contributed by atoms with Crippen molar-refractivity contribution in [3.63, 3.8) is 0 Å². The second kappa shape index (κ2) is 7.64. The van der Waals surface area contributed by atoms with Gasteiger partial charge in [0, 0.05) is 38.3 Å². The Morgan fingerprint density at radius 2 is 1.80 bits per heavy atom. The van der Waals surface area contributed by atoms with Crippen LogP contribution in [0.1, 0.15) is 12.8 Å². The Kier molecular flexibility index (Phi) is 5.98. The molecule has 140 valence electrons. The van der Waals surface area contributed by atoms with Crippen molar-refractivity contribution >= 4 is 31.4 Å². The summed E-state index contributed by atoms with van der Waals surface area (Å²) in [6.45, 7) is 0.937. The van der Waals surface area contributed by atoms with Gasteiger partial charge in [-0.3, -0.25) is 10.1 Å². The van der Waals surface area contributed by atoms with E-state index in [0.29, 0.717) is 13.1 Å². The molecular formula is C13H20N4O6S2. The van der Waals surface area contributed by atoms with Crippen LogP contribution in [-0.2, 0) is 20.0 Å². The molecule has 12 heteroatoms. The van der Waals surface area contributed by atoms with E-state index in [2.05, 4.69) is 10.0 Å². The number of nitro groups is 1. The summed E-state index contributed by atoms with van der Waals surface area (Å²) in [4.78, 5) is 10.2. The number of hydrogen-bond donors (Lipinski definition) is 2. The highest BCUT2D eigenvalue weighted by atomic mass is 32.2. The molecular weight excluding hydrogens is 372 g/mol. The maximum absolute atomic E-state index is 12.8. The molecule has 2 rings (SSSR count). The Morgan fingerprint density at radius 3 is 2.36 bits per heavy atom. The summed E-state index contributed by atoms with van der Waals surface area (Å²) in [5, 5.41) is 13.8. The van der Waals surface area contributed by atoms with Crippen LogP contribution in [0.4, 0.5) is 11.4 Å². The molecule has 0 radical (unpaired) electrons. The van der Waals surface area contributed by atoms with Crippen molar-refractivity contribution in [2.45, 2.75) is 17.7 Å². The third-order valence-electron chi connectivity index (χ3n) is 3.66. The molecule has 1 fully saturated rings. The normalized spacial score (nSPS) is 16.0. The highest BCUT2D eigenvalue weighted by Crippen LogP contribution is 2.30. The molecule has 0 aliphatic carbocycles. The number of sulfonamides is 2. The molecule has 2 N–H and O–H groups in total. The van der Waals surface area contributed by atoms with Gasteiger partial charge in [-0.05, 0) is 18.9 Å². The second-order valence-corrected chi connectivity index (χ2v) is 9.38. The summed E-state index contributed by atoms with van der Waals surface area (Å²) in [5.74, 6) is 0. The maximum atomic E-state index is 12.8. The molecule has 0 atom stereocenters. The van der Waals surface area contributed by atoms with E-state index in [1.165, 1.54) is 16.4 Å². The monoisotopic (exact) mass is 392 g/mol. The van der Waals surface area contributed by atoms with Crippen molar-refractivity contribution in [3.05, 3.63) is 28.3 Å². The Balaban J connectivity index is 2.27. The van der Waals surface area contributed by atoms with Crippen LogP contribution < -0.4 is 10.0 Å². The summed E-state index contributed by atoms with van der Waals surface area (Å²) in [6, 6.07) is 3.55. The van der Waals surface area contributed by atoms with Crippen molar-refractivity contribution in [2.24, 2.45) is 0 Å². The topological polar surface area (TPSA) is 139 Å². The summed E-state index contributed by atoms with van der Waals surface area (Å²) in [6.07, 6.45) is 2.51. The average molecular weight is 392 g/mol. The lowest BCUT2D eigenvalue weighted by Gasteiger charge is -2.18. The van der Waals surface area contributed by atoms with Gasteiger partial charge in [-0.1, -0.05) is 0 Å². The molecule has 1 aliphatic heterocycles. The van der Waals surface area contributed by atoms with Crippen LogP contribution in [-0.4, -0.2) is 58.5 Å². The molecule has 1 aromatic carbocycles. The zero-order valence-electron chi connectivity index (χ0n) is 13.6. The molecule has 10 nitrogen and oxygen atoms in total. The van der Waals surface area contributed by atoms with Gasteiger partial charge in [-0.25, -0.2) is 21.6 Å². The van der Waals surface area contributed by atoms with E-state index in [0.717, 1.165) is 25.2 Å². The molecule has 1 aliphatic rings. The van der Waals surface area contributed by atoms with Gasteiger partial charge in [-0.15, -0.1) is 0 Å². The average Bonchev–Trinajstić information content (AvgIpc) is 3.05. The smallest absolute Gasteiger partial charge is 0.270 e. The van der Waals surface area contributed by atoms with E-state index in [1.807, 2.05) is 0 Å². The van der Waals surface area contributed by atoms with Crippen molar-refractivity contribution in [1.29, 1.82) is 0 Å². The lowest BCUT2D eigenvalue weighted by molar-refractivity contribution is -0.385. The molecule has 1 heterocycles. The van der Waals surface area contributed by atoms with E-state index in [1.54, 1.807) is 0 Å². The number of anilines is 1. The van der Waals surface area contributed by atoms with Gasteiger partial charge in [-0.2, -0.15) is 4.31 Å². The number of hydrogen-bond acceptors (Lipinski definition) is 7. The molecule has 0 spiro atoms. The summed E-state index contributed by atoms with van der Waals surface area (Å²) < 4.78 is 51.2. The molecule has 0 aromatic heterocycles. The first-order valence-electron chi connectivity index (χ1n) is 7.58.